The molecule has 2 N–H and O–H groups in total. The number of pyridine rings is 1. The van der Waals surface area contributed by atoms with Crippen LogP contribution < -0.4 is 10.6 Å². The second kappa shape index (κ2) is 6.69. The molecule has 0 aliphatic heterocycles. The number of para-hydroxylation sites is 1. The Kier molecular flexibility index (Phi) is 4.71. The van der Waals surface area contributed by atoms with Crippen LogP contribution in [0.4, 0.5) is 23.0 Å². The van der Waals surface area contributed by atoms with Crippen molar-refractivity contribution >= 4 is 23.0 Å². The average molecular weight is 286 g/mol. The summed E-state index contributed by atoms with van der Waals surface area (Å²) in [6.45, 7) is 4.71. The van der Waals surface area contributed by atoms with Crippen LogP contribution in [0, 0.1) is 17.0 Å². The first-order valence-electron chi connectivity index (χ1n) is 6.83. The van der Waals surface area contributed by atoms with E-state index in [0.29, 0.717) is 11.6 Å². The number of rotatable bonds is 6. The summed E-state index contributed by atoms with van der Waals surface area (Å²) in [5, 5.41) is 17.2. The van der Waals surface area contributed by atoms with Crippen LogP contribution in [-0.4, -0.2) is 16.5 Å². The number of nitro groups is 1. The van der Waals surface area contributed by atoms with E-state index in [4.69, 9.17) is 0 Å². The van der Waals surface area contributed by atoms with Crippen LogP contribution in [-0.2, 0) is 0 Å². The zero-order valence-corrected chi connectivity index (χ0v) is 12.1. The topological polar surface area (TPSA) is 80.1 Å². The molecule has 0 saturated carbocycles. The van der Waals surface area contributed by atoms with Gasteiger partial charge in [0.1, 0.15) is 11.6 Å². The van der Waals surface area contributed by atoms with Crippen molar-refractivity contribution in [2.24, 2.45) is 0 Å². The van der Waals surface area contributed by atoms with Gasteiger partial charge in [-0.05, 0) is 25.0 Å². The van der Waals surface area contributed by atoms with Gasteiger partial charge in [0.25, 0.3) is 5.69 Å². The van der Waals surface area contributed by atoms with Gasteiger partial charge < -0.3 is 10.6 Å². The number of aryl methyl sites for hydroxylation is 1. The average Bonchev–Trinajstić information content (AvgIpc) is 2.47. The first kappa shape index (κ1) is 14.8. The third-order valence-corrected chi connectivity index (χ3v) is 2.98. The lowest BCUT2D eigenvalue weighted by molar-refractivity contribution is -0.384. The summed E-state index contributed by atoms with van der Waals surface area (Å²) >= 11 is 0. The van der Waals surface area contributed by atoms with E-state index in [9.17, 15) is 10.1 Å². The summed E-state index contributed by atoms with van der Waals surface area (Å²) in [5.74, 6) is 0.958. The van der Waals surface area contributed by atoms with E-state index in [1.165, 1.54) is 12.1 Å². The van der Waals surface area contributed by atoms with Gasteiger partial charge in [-0.3, -0.25) is 10.1 Å². The third-order valence-electron chi connectivity index (χ3n) is 2.98. The molecule has 110 valence electrons. The molecule has 0 unspecified atom stereocenters. The maximum Gasteiger partial charge on any atom is 0.276 e. The minimum Gasteiger partial charge on any atom is -0.370 e. The number of hydrogen-bond donors (Lipinski definition) is 2. The Bertz CT molecular complexity index is 643. The van der Waals surface area contributed by atoms with Gasteiger partial charge in [-0.15, -0.1) is 0 Å². The number of benzene rings is 1. The van der Waals surface area contributed by atoms with Crippen LogP contribution in [0.3, 0.4) is 0 Å². The molecule has 21 heavy (non-hydrogen) atoms. The molecule has 0 bridgehead atoms. The minimum atomic E-state index is -0.415. The van der Waals surface area contributed by atoms with Gasteiger partial charge in [-0.2, -0.15) is 0 Å². The zero-order valence-electron chi connectivity index (χ0n) is 12.1. The Morgan fingerprint density at radius 1 is 1.24 bits per heavy atom. The molecule has 2 aromatic rings. The Hall–Kier alpha value is -2.63. The molecule has 0 radical (unpaired) electrons. The van der Waals surface area contributed by atoms with Crippen LogP contribution in [0.1, 0.15) is 18.9 Å². The largest absolute Gasteiger partial charge is 0.370 e. The van der Waals surface area contributed by atoms with Gasteiger partial charge in [0.15, 0.2) is 0 Å². The van der Waals surface area contributed by atoms with Gasteiger partial charge in [0.05, 0.1) is 17.1 Å². The van der Waals surface area contributed by atoms with Crippen molar-refractivity contribution in [1.82, 2.24) is 4.98 Å². The molecule has 1 aromatic carbocycles. The number of aromatic nitrogens is 1. The van der Waals surface area contributed by atoms with E-state index >= 15 is 0 Å². The lowest BCUT2D eigenvalue weighted by Crippen LogP contribution is -2.05. The molecule has 0 aliphatic carbocycles. The first-order valence-corrected chi connectivity index (χ1v) is 6.83. The molecule has 0 atom stereocenters. The Balaban J connectivity index is 2.31. The maximum absolute atomic E-state index is 11.0. The predicted octanol–water partition coefficient (Wildman–Crippen LogP) is 3.86. The first-order chi connectivity index (χ1) is 10.1. The van der Waals surface area contributed by atoms with Crippen LogP contribution >= 0.6 is 0 Å². The molecular formula is C15H18N4O2. The van der Waals surface area contributed by atoms with E-state index in [0.717, 1.165) is 24.2 Å². The highest BCUT2D eigenvalue weighted by Crippen LogP contribution is 2.24. The lowest BCUT2D eigenvalue weighted by atomic mass is 10.2. The van der Waals surface area contributed by atoms with Gasteiger partial charge in [-0.25, -0.2) is 4.98 Å². The number of nitrogens with one attached hydrogen (secondary N) is 2. The highest BCUT2D eigenvalue weighted by molar-refractivity contribution is 5.64. The van der Waals surface area contributed by atoms with E-state index in [2.05, 4.69) is 15.6 Å². The van der Waals surface area contributed by atoms with E-state index < -0.39 is 4.92 Å². The quantitative estimate of drug-likeness (QED) is 0.622. The standard InChI is InChI=1S/C15H18N4O2/c1-3-8-16-14-9-12(19(20)21)10-15(18-14)17-13-7-5-4-6-11(13)2/h4-7,9-10H,3,8H2,1-2H3,(H2,16,17,18). The van der Waals surface area contributed by atoms with Crippen LogP contribution in [0.15, 0.2) is 36.4 Å². The summed E-state index contributed by atoms with van der Waals surface area (Å²) < 4.78 is 0. The summed E-state index contributed by atoms with van der Waals surface area (Å²) in [5.41, 5.74) is 1.94. The fraction of sp³-hybridized carbons (Fsp3) is 0.267. The summed E-state index contributed by atoms with van der Waals surface area (Å²) in [6.07, 6.45) is 0.922. The van der Waals surface area contributed by atoms with E-state index in [1.54, 1.807) is 0 Å². The van der Waals surface area contributed by atoms with E-state index in [-0.39, 0.29) is 5.69 Å². The third kappa shape index (κ3) is 3.92. The highest BCUT2D eigenvalue weighted by atomic mass is 16.6. The summed E-state index contributed by atoms with van der Waals surface area (Å²) in [7, 11) is 0. The van der Waals surface area contributed by atoms with E-state index in [1.807, 2.05) is 38.1 Å². The molecular weight excluding hydrogens is 268 g/mol. The van der Waals surface area contributed by atoms with Crippen molar-refractivity contribution < 1.29 is 4.92 Å². The van der Waals surface area contributed by atoms with Crippen molar-refractivity contribution in [2.75, 3.05) is 17.2 Å². The number of anilines is 3. The fourth-order valence-corrected chi connectivity index (χ4v) is 1.88. The Labute approximate surface area is 123 Å². The number of hydrogen-bond acceptors (Lipinski definition) is 5. The van der Waals surface area contributed by atoms with Crippen LogP contribution in [0.2, 0.25) is 0 Å². The van der Waals surface area contributed by atoms with Gasteiger partial charge >= 0.3 is 0 Å². The highest BCUT2D eigenvalue weighted by Gasteiger charge is 2.11. The predicted molar refractivity (Wildman–Crippen MR) is 84.1 cm³/mol. The van der Waals surface area contributed by atoms with Crippen molar-refractivity contribution in [3.05, 3.63) is 52.1 Å². The SMILES string of the molecule is CCCNc1cc([N+](=O)[O-])cc(Nc2ccccc2C)n1. The van der Waals surface area contributed by atoms with Gasteiger partial charge in [0.2, 0.25) is 0 Å². The molecule has 1 heterocycles. The molecule has 1 aromatic heterocycles. The molecule has 0 aliphatic rings. The van der Waals surface area contributed by atoms with Crippen molar-refractivity contribution in [3.8, 4) is 0 Å². The molecule has 0 spiro atoms. The van der Waals surface area contributed by atoms with Crippen molar-refractivity contribution in [1.29, 1.82) is 0 Å². The summed E-state index contributed by atoms with van der Waals surface area (Å²) in [6, 6.07) is 10.6. The lowest BCUT2D eigenvalue weighted by Gasteiger charge is -2.10. The Morgan fingerprint density at radius 2 is 1.95 bits per heavy atom. The molecule has 0 saturated heterocycles. The van der Waals surface area contributed by atoms with Gasteiger partial charge in [-0.1, -0.05) is 25.1 Å². The molecule has 6 heteroatoms. The van der Waals surface area contributed by atoms with Crippen LogP contribution in [0.25, 0.3) is 0 Å². The zero-order chi connectivity index (χ0) is 15.2. The summed E-state index contributed by atoms with van der Waals surface area (Å²) in [4.78, 5) is 15.0. The fourth-order valence-electron chi connectivity index (χ4n) is 1.88. The molecule has 0 fully saturated rings. The van der Waals surface area contributed by atoms with Gasteiger partial charge in [0, 0.05) is 12.2 Å². The normalized spacial score (nSPS) is 10.2. The molecule has 2 rings (SSSR count). The van der Waals surface area contributed by atoms with Crippen molar-refractivity contribution in [3.63, 3.8) is 0 Å². The van der Waals surface area contributed by atoms with Crippen LogP contribution in [0.5, 0.6) is 0 Å². The molecule has 0 amide bonds. The Morgan fingerprint density at radius 3 is 2.62 bits per heavy atom. The second-order valence-corrected chi connectivity index (χ2v) is 4.72. The second-order valence-electron chi connectivity index (χ2n) is 4.72. The number of nitrogens with zero attached hydrogens (tertiary/aromatic N) is 2. The maximum atomic E-state index is 11.0. The smallest absolute Gasteiger partial charge is 0.276 e. The monoisotopic (exact) mass is 286 g/mol. The molecule has 6 nitrogen and oxygen atoms in total. The minimum absolute atomic E-state index is 0.0136. The van der Waals surface area contributed by atoms with Crippen molar-refractivity contribution in [2.45, 2.75) is 20.3 Å².